The Kier molecular flexibility index (Phi) is 4.98. The number of aryl methyl sites for hydroxylation is 1. The van der Waals surface area contributed by atoms with Gasteiger partial charge in [0.15, 0.2) is 0 Å². The molecule has 2 unspecified atom stereocenters. The largest absolute Gasteiger partial charge is 0.390 e. The third-order valence-corrected chi connectivity index (χ3v) is 7.93. The molecule has 32 heavy (non-hydrogen) atoms. The molecule has 2 aromatic rings. The van der Waals surface area contributed by atoms with Crippen LogP contribution in [-0.4, -0.2) is 33.0 Å². The first-order valence-electron chi connectivity index (χ1n) is 11.6. The van der Waals surface area contributed by atoms with Gasteiger partial charge in [-0.25, -0.2) is 0 Å². The number of nitriles is 1. The molecule has 2 atom stereocenters. The molecule has 4 bridgehead atoms. The van der Waals surface area contributed by atoms with Gasteiger partial charge in [-0.2, -0.15) is 5.26 Å². The number of benzene rings is 1. The van der Waals surface area contributed by atoms with Gasteiger partial charge in [0.2, 0.25) is 5.78 Å². The minimum Gasteiger partial charge on any atom is -0.390 e. The van der Waals surface area contributed by atoms with E-state index in [1.54, 1.807) is 41.9 Å². The van der Waals surface area contributed by atoms with Gasteiger partial charge in [0.1, 0.15) is 5.69 Å². The van der Waals surface area contributed by atoms with Crippen molar-refractivity contribution in [3.05, 3.63) is 58.4 Å². The molecule has 6 heteroatoms. The quantitative estimate of drug-likeness (QED) is 0.710. The summed E-state index contributed by atoms with van der Waals surface area (Å²) in [7, 11) is 1.76. The predicted molar refractivity (Wildman–Crippen MR) is 119 cm³/mol. The molecule has 0 spiro atoms. The summed E-state index contributed by atoms with van der Waals surface area (Å²) in [5, 5.41) is 23.3. The minimum atomic E-state index is -0.533. The zero-order valence-corrected chi connectivity index (χ0v) is 18.6. The highest BCUT2D eigenvalue weighted by molar-refractivity contribution is 6.09. The van der Waals surface area contributed by atoms with Crippen LogP contribution in [0.3, 0.4) is 0 Å². The van der Waals surface area contributed by atoms with Gasteiger partial charge in [-0.3, -0.25) is 9.59 Å². The van der Waals surface area contributed by atoms with Gasteiger partial charge in [-0.15, -0.1) is 0 Å². The van der Waals surface area contributed by atoms with Crippen molar-refractivity contribution in [2.45, 2.75) is 57.1 Å². The molecule has 1 aromatic heterocycles. The maximum Gasteiger partial charge on any atom is 0.268 e. The first-order valence-corrected chi connectivity index (χ1v) is 11.6. The Labute approximate surface area is 188 Å². The van der Waals surface area contributed by atoms with Crippen molar-refractivity contribution in [2.24, 2.45) is 24.8 Å². The van der Waals surface area contributed by atoms with Crippen LogP contribution in [0.25, 0.3) is 0 Å². The highest BCUT2D eigenvalue weighted by Crippen LogP contribution is 2.55. The molecule has 1 heterocycles. The SMILES string of the molecule is CCc1cc(C(=O)c2cccc(C#N)c2)n(C)c1C(=O)NC1C2CC3CC1CC(O)(C3)C2. The molecule has 6 rings (SSSR count). The van der Waals surface area contributed by atoms with Crippen LogP contribution in [0.1, 0.15) is 76.7 Å². The molecule has 0 aliphatic heterocycles. The fourth-order valence-electron chi connectivity index (χ4n) is 6.77. The summed E-state index contributed by atoms with van der Waals surface area (Å²) in [5.41, 5.74) is 2.15. The van der Waals surface area contributed by atoms with Crippen molar-refractivity contribution in [1.29, 1.82) is 5.26 Å². The highest BCUT2D eigenvalue weighted by Gasteiger charge is 2.55. The van der Waals surface area contributed by atoms with Crippen molar-refractivity contribution < 1.29 is 14.7 Å². The molecular weight excluding hydrogens is 402 g/mol. The summed E-state index contributed by atoms with van der Waals surface area (Å²) < 4.78 is 1.69. The summed E-state index contributed by atoms with van der Waals surface area (Å²) in [6.07, 6.45) is 5.26. The van der Waals surface area contributed by atoms with Gasteiger partial charge in [0.25, 0.3) is 5.91 Å². The van der Waals surface area contributed by atoms with E-state index >= 15 is 0 Å². The summed E-state index contributed by atoms with van der Waals surface area (Å²) in [5.74, 6) is 0.903. The first-order chi connectivity index (χ1) is 15.3. The average molecular weight is 432 g/mol. The lowest BCUT2D eigenvalue weighted by atomic mass is 9.52. The number of carbonyl (C=O) groups is 2. The highest BCUT2D eigenvalue weighted by atomic mass is 16.3. The number of carbonyl (C=O) groups excluding carboxylic acids is 2. The van der Waals surface area contributed by atoms with E-state index in [9.17, 15) is 14.7 Å². The number of rotatable bonds is 5. The molecule has 0 saturated heterocycles. The topological polar surface area (TPSA) is 95.1 Å². The summed E-state index contributed by atoms with van der Waals surface area (Å²) in [6, 6.07) is 10.6. The van der Waals surface area contributed by atoms with Gasteiger partial charge in [-0.05, 0) is 80.0 Å². The van der Waals surface area contributed by atoms with Gasteiger partial charge < -0.3 is 15.0 Å². The van der Waals surface area contributed by atoms with Crippen molar-refractivity contribution in [2.75, 3.05) is 0 Å². The van der Waals surface area contributed by atoms with E-state index in [2.05, 4.69) is 11.4 Å². The Balaban J connectivity index is 1.42. The van der Waals surface area contributed by atoms with E-state index in [-0.39, 0.29) is 17.7 Å². The number of hydrogen-bond donors (Lipinski definition) is 2. The molecule has 6 nitrogen and oxygen atoms in total. The van der Waals surface area contributed by atoms with Gasteiger partial charge in [-0.1, -0.05) is 19.1 Å². The van der Waals surface area contributed by atoms with Gasteiger partial charge in [0.05, 0.1) is 22.9 Å². The second kappa shape index (κ2) is 7.60. The van der Waals surface area contributed by atoms with Crippen LogP contribution in [0.4, 0.5) is 0 Å². The van der Waals surface area contributed by atoms with E-state index in [1.807, 2.05) is 6.92 Å². The molecule has 2 N–H and O–H groups in total. The van der Waals surface area contributed by atoms with E-state index in [0.29, 0.717) is 46.7 Å². The Bertz CT molecular complexity index is 1130. The van der Waals surface area contributed by atoms with Crippen molar-refractivity contribution >= 4 is 11.7 Å². The molecule has 4 saturated carbocycles. The second-order valence-electron chi connectivity index (χ2n) is 10.0. The zero-order chi connectivity index (χ0) is 22.6. The molecule has 1 aromatic carbocycles. The van der Waals surface area contributed by atoms with Crippen LogP contribution < -0.4 is 5.32 Å². The fraction of sp³-hybridized carbons (Fsp3) is 0.500. The second-order valence-corrected chi connectivity index (χ2v) is 10.0. The van der Waals surface area contributed by atoms with Crippen LogP contribution in [0.2, 0.25) is 0 Å². The van der Waals surface area contributed by atoms with Crippen molar-refractivity contribution in [3.63, 3.8) is 0 Å². The maximum atomic E-state index is 13.4. The Morgan fingerprint density at radius 3 is 2.56 bits per heavy atom. The number of amides is 1. The molecule has 4 fully saturated rings. The van der Waals surface area contributed by atoms with Crippen LogP contribution in [0.5, 0.6) is 0 Å². The van der Waals surface area contributed by atoms with Gasteiger partial charge >= 0.3 is 0 Å². The van der Waals surface area contributed by atoms with E-state index in [4.69, 9.17) is 5.26 Å². The molecule has 4 aliphatic carbocycles. The molecule has 166 valence electrons. The third kappa shape index (κ3) is 3.36. The maximum absolute atomic E-state index is 13.4. The van der Waals surface area contributed by atoms with E-state index < -0.39 is 5.60 Å². The number of nitrogens with one attached hydrogen (secondary N) is 1. The Hall–Kier alpha value is -2.91. The monoisotopic (exact) mass is 431 g/mol. The number of hydrogen-bond acceptors (Lipinski definition) is 4. The Morgan fingerprint density at radius 1 is 1.22 bits per heavy atom. The molecule has 4 aliphatic rings. The molecular formula is C26H29N3O3. The van der Waals surface area contributed by atoms with E-state index in [1.165, 1.54) is 0 Å². The third-order valence-electron chi connectivity index (χ3n) is 7.93. The standard InChI is InChI=1S/C26H29N3O3/c1-3-17-10-21(24(30)18-6-4-5-15(7-18)14-27)29(2)23(17)25(31)28-22-19-8-16-9-20(22)13-26(32,11-16)12-19/h4-7,10,16,19-20,22,32H,3,8-9,11-13H2,1-2H3,(H,28,31). The first kappa shape index (κ1) is 21.0. The van der Waals surface area contributed by atoms with Crippen molar-refractivity contribution in [3.8, 4) is 6.07 Å². The summed E-state index contributed by atoms with van der Waals surface area (Å²) in [4.78, 5) is 26.6. The van der Waals surface area contributed by atoms with E-state index in [0.717, 1.165) is 37.7 Å². The van der Waals surface area contributed by atoms with Crippen LogP contribution in [0.15, 0.2) is 30.3 Å². The lowest BCUT2D eigenvalue weighted by Crippen LogP contribution is -2.61. The smallest absolute Gasteiger partial charge is 0.268 e. The number of nitrogens with zero attached hydrogens (tertiary/aromatic N) is 2. The lowest BCUT2D eigenvalue weighted by molar-refractivity contribution is -0.137. The fourth-order valence-corrected chi connectivity index (χ4v) is 6.77. The van der Waals surface area contributed by atoms with Crippen LogP contribution >= 0.6 is 0 Å². The predicted octanol–water partition coefficient (Wildman–Crippen LogP) is 3.36. The normalized spacial score (nSPS) is 30.2. The molecule has 1 amide bonds. The lowest BCUT2D eigenvalue weighted by Gasteiger charge is -2.58. The number of aromatic nitrogens is 1. The Morgan fingerprint density at radius 2 is 1.94 bits per heavy atom. The van der Waals surface area contributed by atoms with Crippen LogP contribution in [-0.2, 0) is 13.5 Å². The van der Waals surface area contributed by atoms with Crippen molar-refractivity contribution in [1.82, 2.24) is 9.88 Å². The molecule has 0 radical (unpaired) electrons. The summed E-state index contributed by atoms with van der Waals surface area (Å²) in [6.45, 7) is 1.98. The summed E-state index contributed by atoms with van der Waals surface area (Å²) >= 11 is 0. The minimum absolute atomic E-state index is 0.0883. The number of ketones is 1. The average Bonchev–Trinajstić information content (AvgIpc) is 3.10. The van der Waals surface area contributed by atoms with Crippen LogP contribution in [0, 0.1) is 29.1 Å². The van der Waals surface area contributed by atoms with Gasteiger partial charge in [0, 0.05) is 18.7 Å². The zero-order valence-electron chi connectivity index (χ0n) is 18.6. The number of aliphatic hydroxyl groups is 1.